The van der Waals surface area contributed by atoms with Crippen molar-refractivity contribution in [3.63, 3.8) is 0 Å². The lowest BCUT2D eigenvalue weighted by molar-refractivity contribution is 0.282. The molecule has 0 aromatic rings. The molecule has 0 aliphatic carbocycles. The quantitative estimate of drug-likeness (QED) is 0.574. The Morgan fingerprint density at radius 3 is 1.46 bits per heavy atom. The number of halogens is 1. The molecule has 0 spiro atoms. The Balaban J connectivity index is 0. The molecule has 0 fully saturated rings. The van der Waals surface area contributed by atoms with Gasteiger partial charge in [0.25, 0.3) is 0 Å². The van der Waals surface area contributed by atoms with E-state index in [-0.39, 0.29) is 12.4 Å². The van der Waals surface area contributed by atoms with Crippen molar-refractivity contribution in [1.29, 1.82) is 0 Å². The number of unbranched alkanes of at least 4 members (excludes halogenated alkanes) is 7. The third-order valence-corrected chi connectivity index (χ3v) is 2.11. The van der Waals surface area contributed by atoms with E-state index in [4.69, 9.17) is 10.8 Å². The molecule has 0 heterocycles. The third kappa shape index (κ3) is 15.0. The molecule has 0 radical (unpaired) electrons. The fourth-order valence-electron chi connectivity index (χ4n) is 1.32. The van der Waals surface area contributed by atoms with E-state index < -0.39 is 0 Å². The molecule has 13 heavy (non-hydrogen) atoms. The summed E-state index contributed by atoms with van der Waals surface area (Å²) in [7, 11) is 0. The van der Waals surface area contributed by atoms with Crippen molar-refractivity contribution in [3.05, 3.63) is 0 Å². The average Bonchev–Trinajstić information content (AvgIpc) is 2.10. The highest BCUT2D eigenvalue weighted by Crippen LogP contribution is 2.07. The molecule has 2 nitrogen and oxygen atoms in total. The topological polar surface area (TPSA) is 46.2 Å². The predicted molar refractivity (Wildman–Crippen MR) is 60.3 cm³/mol. The fraction of sp³-hybridized carbons (Fsp3) is 1.00. The zero-order valence-corrected chi connectivity index (χ0v) is 9.32. The molecular weight excluding hydrogens is 186 g/mol. The minimum atomic E-state index is 0. The maximum Gasteiger partial charge on any atom is 0.0431 e. The summed E-state index contributed by atoms with van der Waals surface area (Å²) in [5.74, 6) is 0. The second-order valence-corrected chi connectivity index (χ2v) is 3.34. The first kappa shape index (κ1) is 15.7. The summed E-state index contributed by atoms with van der Waals surface area (Å²) in [6.07, 6.45) is 9.90. The van der Waals surface area contributed by atoms with E-state index in [0.717, 1.165) is 13.0 Å². The van der Waals surface area contributed by atoms with E-state index in [9.17, 15) is 0 Å². The van der Waals surface area contributed by atoms with Gasteiger partial charge in [-0.2, -0.15) is 0 Å². The van der Waals surface area contributed by atoms with E-state index in [0.29, 0.717) is 6.61 Å². The lowest BCUT2D eigenvalue weighted by Crippen LogP contribution is -1.97. The van der Waals surface area contributed by atoms with E-state index in [1.54, 1.807) is 0 Å². The molecule has 0 saturated heterocycles. The van der Waals surface area contributed by atoms with Crippen molar-refractivity contribution in [2.75, 3.05) is 13.2 Å². The minimum Gasteiger partial charge on any atom is -0.396 e. The van der Waals surface area contributed by atoms with E-state index in [1.165, 1.54) is 44.9 Å². The molecule has 0 bridgehead atoms. The Bertz CT molecular complexity index is 71.3. The van der Waals surface area contributed by atoms with Gasteiger partial charge in [-0.15, -0.1) is 12.4 Å². The summed E-state index contributed by atoms with van der Waals surface area (Å²) in [6, 6.07) is 0. The van der Waals surface area contributed by atoms with Crippen LogP contribution in [0.4, 0.5) is 0 Å². The molecule has 0 unspecified atom stereocenters. The predicted octanol–water partition coefficient (Wildman–Crippen LogP) is 2.48. The summed E-state index contributed by atoms with van der Waals surface area (Å²) in [5, 5.41) is 8.53. The van der Waals surface area contributed by atoms with Gasteiger partial charge in [0.1, 0.15) is 0 Å². The summed E-state index contributed by atoms with van der Waals surface area (Å²) < 4.78 is 0. The molecule has 0 saturated carbocycles. The first-order valence-corrected chi connectivity index (χ1v) is 5.22. The van der Waals surface area contributed by atoms with Crippen molar-refractivity contribution in [3.8, 4) is 0 Å². The largest absolute Gasteiger partial charge is 0.396 e. The first-order chi connectivity index (χ1) is 5.91. The third-order valence-electron chi connectivity index (χ3n) is 2.11. The summed E-state index contributed by atoms with van der Waals surface area (Å²) in [5.41, 5.74) is 5.38. The van der Waals surface area contributed by atoms with Crippen LogP contribution in [0.1, 0.15) is 51.4 Å². The van der Waals surface area contributed by atoms with Crippen LogP contribution in [0.15, 0.2) is 0 Å². The number of nitrogens with two attached hydrogens (primary N) is 1. The molecule has 3 N–H and O–H groups in total. The monoisotopic (exact) mass is 209 g/mol. The van der Waals surface area contributed by atoms with Gasteiger partial charge in [0, 0.05) is 6.61 Å². The number of aliphatic hydroxyl groups excluding tert-OH is 1. The number of rotatable bonds is 9. The lowest BCUT2D eigenvalue weighted by Gasteiger charge is -1.99. The van der Waals surface area contributed by atoms with Crippen LogP contribution in [0.2, 0.25) is 0 Å². The van der Waals surface area contributed by atoms with Crippen molar-refractivity contribution in [2.45, 2.75) is 51.4 Å². The van der Waals surface area contributed by atoms with E-state index in [1.807, 2.05) is 0 Å². The minimum absolute atomic E-state index is 0. The van der Waals surface area contributed by atoms with Crippen LogP contribution >= 0.6 is 12.4 Å². The summed E-state index contributed by atoms with van der Waals surface area (Å²) >= 11 is 0. The second kappa shape index (κ2) is 14.7. The van der Waals surface area contributed by atoms with Gasteiger partial charge >= 0.3 is 0 Å². The van der Waals surface area contributed by atoms with E-state index >= 15 is 0 Å². The molecule has 0 amide bonds. The maximum atomic E-state index is 8.53. The summed E-state index contributed by atoms with van der Waals surface area (Å²) in [6.45, 7) is 1.19. The lowest BCUT2D eigenvalue weighted by atomic mass is 10.1. The van der Waals surface area contributed by atoms with Gasteiger partial charge in [-0.05, 0) is 19.4 Å². The first-order valence-electron chi connectivity index (χ1n) is 5.22. The van der Waals surface area contributed by atoms with Gasteiger partial charge in [-0.25, -0.2) is 0 Å². The normalized spacial score (nSPS) is 9.69. The Hall–Kier alpha value is 0.210. The molecule has 0 atom stereocenters. The number of hydrogen-bond donors (Lipinski definition) is 2. The van der Waals surface area contributed by atoms with Gasteiger partial charge in [-0.3, -0.25) is 0 Å². The Kier molecular flexibility index (Phi) is 17.7. The molecule has 82 valence electrons. The van der Waals surface area contributed by atoms with Crippen LogP contribution in [0.5, 0.6) is 0 Å². The van der Waals surface area contributed by atoms with Crippen molar-refractivity contribution in [1.82, 2.24) is 0 Å². The van der Waals surface area contributed by atoms with Crippen LogP contribution in [-0.4, -0.2) is 18.3 Å². The van der Waals surface area contributed by atoms with Gasteiger partial charge in [0.05, 0.1) is 0 Å². The standard InChI is InChI=1S/C10H23NO.ClH/c11-9-7-5-3-1-2-4-6-8-10-12;/h12H,1-11H2;1H. The van der Waals surface area contributed by atoms with Crippen LogP contribution < -0.4 is 5.73 Å². The SMILES string of the molecule is Cl.NCCCCCCCCCCO. The average molecular weight is 210 g/mol. The van der Waals surface area contributed by atoms with E-state index in [2.05, 4.69) is 0 Å². The van der Waals surface area contributed by atoms with Crippen LogP contribution in [0, 0.1) is 0 Å². The zero-order chi connectivity index (χ0) is 9.07. The van der Waals surface area contributed by atoms with Gasteiger partial charge in [0.15, 0.2) is 0 Å². The van der Waals surface area contributed by atoms with Crippen LogP contribution in [0.25, 0.3) is 0 Å². The van der Waals surface area contributed by atoms with Gasteiger partial charge < -0.3 is 10.8 Å². The molecule has 0 aromatic carbocycles. The van der Waals surface area contributed by atoms with Crippen molar-refractivity contribution in [2.24, 2.45) is 5.73 Å². The van der Waals surface area contributed by atoms with Crippen LogP contribution in [-0.2, 0) is 0 Å². The van der Waals surface area contributed by atoms with Gasteiger partial charge in [-0.1, -0.05) is 38.5 Å². The van der Waals surface area contributed by atoms with Crippen molar-refractivity contribution >= 4 is 12.4 Å². The Morgan fingerprint density at radius 2 is 1.08 bits per heavy atom. The fourth-order valence-corrected chi connectivity index (χ4v) is 1.32. The highest BCUT2D eigenvalue weighted by molar-refractivity contribution is 5.85. The Labute approximate surface area is 88.3 Å². The Morgan fingerprint density at radius 1 is 0.692 bits per heavy atom. The molecular formula is C10H24ClNO. The highest BCUT2D eigenvalue weighted by atomic mass is 35.5. The zero-order valence-electron chi connectivity index (χ0n) is 8.50. The smallest absolute Gasteiger partial charge is 0.0431 e. The number of aliphatic hydroxyl groups is 1. The molecule has 0 aromatic heterocycles. The summed E-state index contributed by atoms with van der Waals surface area (Å²) in [4.78, 5) is 0. The van der Waals surface area contributed by atoms with Crippen molar-refractivity contribution < 1.29 is 5.11 Å². The number of hydrogen-bond acceptors (Lipinski definition) is 2. The molecule has 0 aliphatic rings. The molecule has 3 heteroatoms. The molecule has 0 rings (SSSR count). The van der Waals surface area contributed by atoms with Crippen LogP contribution in [0.3, 0.4) is 0 Å². The maximum absolute atomic E-state index is 8.53. The second-order valence-electron chi connectivity index (χ2n) is 3.34. The van der Waals surface area contributed by atoms with Gasteiger partial charge in [0.2, 0.25) is 0 Å². The highest BCUT2D eigenvalue weighted by Gasteiger charge is 1.90. The molecule has 0 aliphatic heterocycles.